The van der Waals surface area contributed by atoms with Gasteiger partial charge in [-0.2, -0.15) is 0 Å². The second-order valence-corrected chi connectivity index (χ2v) is 9.91. The summed E-state index contributed by atoms with van der Waals surface area (Å²) >= 11 is 0. The summed E-state index contributed by atoms with van der Waals surface area (Å²) in [5, 5.41) is 0.379. The van der Waals surface area contributed by atoms with E-state index in [9.17, 15) is 22.1 Å². The molecule has 0 bridgehead atoms. The lowest BCUT2D eigenvalue weighted by Crippen LogP contribution is -2.29. The monoisotopic (exact) mass is 468 g/mol. The molecular weight excluding hydrogens is 447 g/mol. The zero-order valence-corrected chi connectivity index (χ0v) is 18.5. The van der Waals surface area contributed by atoms with E-state index in [4.69, 9.17) is 0 Å². The zero-order valence-electron chi connectivity index (χ0n) is 17.6. The Morgan fingerprint density at radius 2 is 1.39 bits per heavy atom. The van der Waals surface area contributed by atoms with E-state index in [0.29, 0.717) is 5.25 Å². The Hall–Kier alpha value is -3.06. The molecule has 2 heterocycles. The van der Waals surface area contributed by atoms with Gasteiger partial charge in [0.1, 0.15) is 5.75 Å². The first-order chi connectivity index (χ1) is 15.8. The van der Waals surface area contributed by atoms with Crippen molar-refractivity contribution < 1.29 is 22.1 Å². The second kappa shape index (κ2) is 9.83. The van der Waals surface area contributed by atoms with E-state index in [1.165, 1.54) is 22.3 Å². The van der Waals surface area contributed by atoms with Crippen LogP contribution in [0.5, 0.6) is 0 Å². The third kappa shape index (κ3) is 5.66. The summed E-state index contributed by atoms with van der Waals surface area (Å²) in [5.41, 5.74) is 6.07. The van der Waals surface area contributed by atoms with Crippen molar-refractivity contribution in [1.29, 1.82) is 0 Å². The van der Waals surface area contributed by atoms with E-state index in [1.54, 1.807) is 0 Å². The molecule has 7 heteroatoms. The molecule has 0 aromatic heterocycles. The molecule has 0 aliphatic carbocycles. The van der Waals surface area contributed by atoms with Crippen molar-refractivity contribution in [2.45, 2.75) is 11.7 Å². The number of ketones is 1. The molecule has 0 radical (unpaired) electrons. The van der Waals surface area contributed by atoms with Gasteiger partial charge in [-0.15, -0.1) is 0 Å². The van der Waals surface area contributed by atoms with Crippen LogP contribution in [0.3, 0.4) is 0 Å². The summed E-state index contributed by atoms with van der Waals surface area (Å²) in [5.74, 6) is 1.12. The number of allylic oxidation sites excluding steroid dienone is 2. The van der Waals surface area contributed by atoms with Crippen molar-refractivity contribution in [3.63, 3.8) is 0 Å². The van der Waals surface area contributed by atoms with E-state index in [1.807, 2.05) is 30.3 Å². The van der Waals surface area contributed by atoms with Gasteiger partial charge >= 0.3 is 7.25 Å². The smallest absolute Gasteiger partial charge is 0.418 e. The third-order valence-electron chi connectivity index (χ3n) is 5.57. The van der Waals surface area contributed by atoms with E-state index >= 15 is 0 Å². The molecule has 5 rings (SSSR count). The highest BCUT2D eigenvalue weighted by Gasteiger charge is 2.45. The van der Waals surface area contributed by atoms with Gasteiger partial charge in [0.2, 0.25) is 10.7 Å². The first-order valence-electron chi connectivity index (χ1n) is 10.5. The van der Waals surface area contributed by atoms with Gasteiger partial charge in [-0.05, 0) is 22.8 Å². The first kappa shape index (κ1) is 23.1. The molecule has 0 saturated carbocycles. The minimum Gasteiger partial charge on any atom is -0.418 e. The van der Waals surface area contributed by atoms with Crippen molar-refractivity contribution in [3.8, 4) is 0 Å². The Kier molecular flexibility index (Phi) is 6.89. The zero-order chi connectivity index (χ0) is 23.4. The highest BCUT2D eigenvalue weighted by atomic mass is 32.2. The van der Waals surface area contributed by atoms with Gasteiger partial charge in [-0.3, -0.25) is 4.79 Å². The molecular formula is C26H21BF4OS. The van der Waals surface area contributed by atoms with Crippen LogP contribution in [-0.2, 0) is 10.9 Å². The maximum Gasteiger partial charge on any atom is 0.673 e. The Balaban J connectivity index is 0.000000471. The van der Waals surface area contributed by atoms with Crippen LogP contribution in [0, 0.1) is 0 Å². The molecule has 2 aliphatic rings. The summed E-state index contributed by atoms with van der Waals surface area (Å²) in [6.07, 6.45) is 5.49. The van der Waals surface area contributed by atoms with E-state index in [0.717, 1.165) is 22.6 Å². The number of hydrogen-bond donors (Lipinski definition) is 0. The Labute approximate surface area is 193 Å². The SMILES string of the molecule is F[B-](F)(F)F.O=C(C1=Cc2ccccc2C2CC(c3ccccc3)=CC[S+]12)c1ccccc1. The summed E-state index contributed by atoms with van der Waals surface area (Å²) in [6.45, 7) is 0. The van der Waals surface area contributed by atoms with Crippen LogP contribution in [-0.4, -0.2) is 18.8 Å². The molecule has 0 spiro atoms. The van der Waals surface area contributed by atoms with Crippen molar-refractivity contribution in [2.24, 2.45) is 0 Å². The van der Waals surface area contributed by atoms with Gasteiger partial charge in [0.15, 0.2) is 5.25 Å². The summed E-state index contributed by atoms with van der Waals surface area (Å²) < 4.78 is 39.0. The van der Waals surface area contributed by atoms with E-state index in [2.05, 4.69) is 66.7 Å². The van der Waals surface area contributed by atoms with Gasteiger partial charge in [0, 0.05) is 34.5 Å². The van der Waals surface area contributed by atoms with E-state index < -0.39 is 7.25 Å². The van der Waals surface area contributed by atoms with Crippen LogP contribution in [0.15, 0.2) is 95.9 Å². The number of rotatable bonds is 3. The number of halogens is 4. The normalized spacial score (nSPS) is 19.2. The third-order valence-corrected chi connectivity index (χ3v) is 8.08. The van der Waals surface area contributed by atoms with Gasteiger partial charge < -0.3 is 17.3 Å². The standard InChI is InChI=1S/C26H21OS.BF4/c27-26(20-11-5-2-6-12-20)25-18-22-13-7-8-14-23(22)24-17-21(15-16-28(24)25)19-9-3-1-4-10-19;2-1(3,4)5/h1-15,18,24H,16-17H2;/q+1;-1. The maximum absolute atomic E-state index is 13.3. The minimum atomic E-state index is -6.00. The van der Waals surface area contributed by atoms with Crippen molar-refractivity contribution >= 4 is 35.6 Å². The summed E-state index contributed by atoms with van der Waals surface area (Å²) in [4.78, 5) is 14.3. The van der Waals surface area contributed by atoms with Gasteiger partial charge in [-0.25, -0.2) is 0 Å². The van der Waals surface area contributed by atoms with E-state index in [-0.39, 0.29) is 16.7 Å². The Morgan fingerprint density at radius 3 is 2.06 bits per heavy atom. The van der Waals surface area contributed by atoms with Crippen LogP contribution < -0.4 is 0 Å². The quantitative estimate of drug-likeness (QED) is 0.170. The number of carbonyl (C=O) groups excluding carboxylic acids is 1. The highest BCUT2D eigenvalue weighted by molar-refractivity contribution is 8.02. The highest BCUT2D eigenvalue weighted by Crippen LogP contribution is 2.47. The lowest BCUT2D eigenvalue weighted by molar-refractivity contribution is 0.104. The molecule has 2 atom stereocenters. The van der Waals surface area contributed by atoms with Crippen molar-refractivity contribution in [1.82, 2.24) is 0 Å². The fraction of sp³-hybridized carbons (Fsp3) is 0.115. The van der Waals surface area contributed by atoms with Gasteiger partial charge in [0.25, 0.3) is 0 Å². The Bertz CT molecular complexity index is 1180. The van der Waals surface area contributed by atoms with Crippen LogP contribution in [0.2, 0.25) is 0 Å². The largest absolute Gasteiger partial charge is 0.673 e. The lowest BCUT2D eigenvalue weighted by atomic mass is 9.94. The van der Waals surface area contributed by atoms with Crippen LogP contribution >= 0.6 is 0 Å². The number of fused-ring (bicyclic) bond motifs is 3. The predicted molar refractivity (Wildman–Crippen MR) is 129 cm³/mol. The number of hydrogen-bond acceptors (Lipinski definition) is 1. The second-order valence-electron chi connectivity index (χ2n) is 7.71. The number of benzene rings is 3. The van der Waals surface area contributed by atoms with Crippen molar-refractivity contribution in [3.05, 3.63) is 118 Å². The molecule has 3 aromatic rings. The number of Topliss-reactive ketones (excluding diaryl/α,β-unsaturated/α-hetero) is 1. The average Bonchev–Trinajstić information content (AvgIpc) is 2.83. The molecule has 0 saturated heterocycles. The molecule has 0 amide bonds. The summed E-state index contributed by atoms with van der Waals surface area (Å²) in [7, 11) is -6.09. The first-order valence-corrected chi connectivity index (χ1v) is 12.0. The molecule has 0 fully saturated rings. The molecule has 168 valence electrons. The summed E-state index contributed by atoms with van der Waals surface area (Å²) in [6, 6.07) is 28.9. The molecule has 2 aliphatic heterocycles. The average molecular weight is 468 g/mol. The number of carbonyl (C=O) groups is 1. The molecule has 0 N–H and O–H groups in total. The fourth-order valence-corrected chi connectivity index (χ4v) is 6.79. The molecule has 2 unspecified atom stereocenters. The molecule has 3 aromatic carbocycles. The molecule has 33 heavy (non-hydrogen) atoms. The Morgan fingerprint density at radius 1 is 0.818 bits per heavy atom. The maximum atomic E-state index is 13.3. The minimum absolute atomic E-state index is 0.0917. The molecule has 1 nitrogen and oxygen atoms in total. The predicted octanol–water partition coefficient (Wildman–Crippen LogP) is 7.37. The van der Waals surface area contributed by atoms with Gasteiger partial charge in [0.05, 0.1) is 0 Å². The topological polar surface area (TPSA) is 17.1 Å². The van der Waals surface area contributed by atoms with Crippen LogP contribution in [0.4, 0.5) is 17.3 Å². The van der Waals surface area contributed by atoms with Gasteiger partial charge in [-0.1, -0.05) is 84.9 Å². The van der Waals surface area contributed by atoms with Crippen LogP contribution in [0.1, 0.15) is 38.7 Å². The van der Waals surface area contributed by atoms with Crippen LogP contribution in [0.25, 0.3) is 11.6 Å². The fourth-order valence-electron chi connectivity index (χ4n) is 4.15. The van der Waals surface area contributed by atoms with Crippen molar-refractivity contribution in [2.75, 3.05) is 5.75 Å². The lowest BCUT2D eigenvalue weighted by Gasteiger charge is -2.29.